The Hall–Kier alpha value is -0.130. The lowest BCUT2D eigenvalue weighted by atomic mass is 10.0. The predicted molar refractivity (Wildman–Crippen MR) is 69.5 cm³/mol. The fourth-order valence-corrected chi connectivity index (χ4v) is 3.82. The third-order valence-electron chi connectivity index (χ3n) is 3.70. The molecule has 102 valence electrons. The van der Waals surface area contributed by atoms with Gasteiger partial charge < -0.3 is 4.74 Å². The molecule has 0 aliphatic carbocycles. The fraction of sp³-hybridized carbons (Fsp3) is 1.00. The Morgan fingerprint density at radius 2 is 2.12 bits per heavy atom. The number of ether oxygens (including phenoxy) is 1. The summed E-state index contributed by atoms with van der Waals surface area (Å²) >= 11 is 0. The van der Waals surface area contributed by atoms with Crippen molar-refractivity contribution in [1.29, 1.82) is 0 Å². The van der Waals surface area contributed by atoms with Crippen molar-refractivity contribution >= 4 is 10.0 Å². The molecule has 4 nitrogen and oxygen atoms in total. The summed E-state index contributed by atoms with van der Waals surface area (Å²) in [7, 11) is -3.25. The number of rotatable bonds is 7. The van der Waals surface area contributed by atoms with Gasteiger partial charge in [0.1, 0.15) is 0 Å². The average Bonchev–Trinajstić information content (AvgIpc) is 2.79. The summed E-state index contributed by atoms with van der Waals surface area (Å²) in [6, 6.07) is 0. The van der Waals surface area contributed by atoms with Crippen LogP contribution >= 0.6 is 0 Å². The van der Waals surface area contributed by atoms with E-state index >= 15 is 0 Å². The highest BCUT2D eigenvalue weighted by molar-refractivity contribution is 7.90. The highest BCUT2D eigenvalue weighted by Gasteiger charge is 2.36. The normalized spacial score (nSPS) is 24.8. The maximum absolute atomic E-state index is 12.3. The second kappa shape index (κ2) is 6.16. The van der Waals surface area contributed by atoms with E-state index in [0.717, 1.165) is 25.9 Å². The van der Waals surface area contributed by atoms with Gasteiger partial charge in [0.05, 0.1) is 10.9 Å². The van der Waals surface area contributed by atoms with Crippen LogP contribution in [0.4, 0.5) is 0 Å². The second-order valence-corrected chi connectivity index (χ2v) is 7.32. The van der Waals surface area contributed by atoms with Crippen LogP contribution in [0.5, 0.6) is 0 Å². The molecule has 0 radical (unpaired) electrons. The fourth-order valence-electron chi connectivity index (χ4n) is 2.21. The van der Waals surface area contributed by atoms with E-state index in [0.29, 0.717) is 19.4 Å². The first-order valence-electron chi connectivity index (χ1n) is 6.56. The molecule has 0 bridgehead atoms. The largest absolute Gasteiger partial charge is 0.377 e. The Morgan fingerprint density at radius 3 is 2.59 bits per heavy atom. The van der Waals surface area contributed by atoms with Gasteiger partial charge in [0.2, 0.25) is 10.0 Å². The van der Waals surface area contributed by atoms with Gasteiger partial charge in [-0.1, -0.05) is 20.3 Å². The highest BCUT2D eigenvalue weighted by atomic mass is 32.2. The first-order valence-corrected chi connectivity index (χ1v) is 8.04. The lowest BCUT2D eigenvalue weighted by molar-refractivity contribution is 0.114. The Balaban J connectivity index is 2.58. The Labute approximate surface area is 105 Å². The Morgan fingerprint density at radius 1 is 1.41 bits per heavy atom. The van der Waals surface area contributed by atoms with Crippen molar-refractivity contribution in [2.24, 2.45) is 0 Å². The number of sulfonamides is 1. The third kappa shape index (κ3) is 3.66. The molecule has 1 fully saturated rings. The van der Waals surface area contributed by atoms with Gasteiger partial charge in [0, 0.05) is 13.2 Å². The smallest absolute Gasteiger partial charge is 0.217 e. The Kier molecular flexibility index (Phi) is 5.41. The standard InChI is InChI=1S/C12H25NO3S/c1-4-8-12(3,5-2)17(14,15)13-10-11-7-6-9-16-11/h11,13H,4-10H2,1-3H3. The van der Waals surface area contributed by atoms with Crippen LogP contribution in [0.3, 0.4) is 0 Å². The van der Waals surface area contributed by atoms with Crippen molar-refractivity contribution in [1.82, 2.24) is 4.72 Å². The first-order chi connectivity index (χ1) is 7.95. The molecule has 0 amide bonds. The van der Waals surface area contributed by atoms with Gasteiger partial charge in [-0.15, -0.1) is 0 Å². The molecule has 2 unspecified atom stereocenters. The summed E-state index contributed by atoms with van der Waals surface area (Å²) in [5.41, 5.74) is 0. The SMILES string of the molecule is CCCC(C)(CC)S(=O)(=O)NCC1CCCO1. The van der Waals surface area contributed by atoms with Crippen molar-refractivity contribution in [3.63, 3.8) is 0 Å². The quantitative estimate of drug-likeness (QED) is 0.765. The van der Waals surface area contributed by atoms with Crippen LogP contribution in [-0.4, -0.2) is 32.4 Å². The van der Waals surface area contributed by atoms with E-state index in [9.17, 15) is 8.42 Å². The maximum atomic E-state index is 12.3. The monoisotopic (exact) mass is 263 g/mol. The van der Waals surface area contributed by atoms with E-state index in [1.807, 2.05) is 20.8 Å². The zero-order chi connectivity index (χ0) is 12.9. The molecule has 0 aromatic heterocycles. The minimum Gasteiger partial charge on any atom is -0.377 e. The molecule has 2 atom stereocenters. The number of hydrogen-bond acceptors (Lipinski definition) is 3. The van der Waals surface area contributed by atoms with Crippen molar-refractivity contribution in [2.75, 3.05) is 13.2 Å². The van der Waals surface area contributed by atoms with Crippen LogP contribution in [0.1, 0.15) is 52.9 Å². The van der Waals surface area contributed by atoms with Gasteiger partial charge in [-0.05, 0) is 32.6 Å². The Bertz CT molecular complexity index is 323. The van der Waals surface area contributed by atoms with Crippen LogP contribution in [0.2, 0.25) is 0 Å². The molecule has 17 heavy (non-hydrogen) atoms. The number of hydrogen-bond donors (Lipinski definition) is 1. The third-order valence-corrected chi connectivity index (χ3v) is 6.04. The predicted octanol–water partition coefficient (Wildman–Crippen LogP) is 2.05. The molecule has 1 heterocycles. The van der Waals surface area contributed by atoms with Crippen molar-refractivity contribution in [2.45, 2.75) is 63.7 Å². The molecule has 1 aliphatic rings. The summed E-state index contributed by atoms with van der Waals surface area (Å²) in [6.45, 7) is 6.95. The summed E-state index contributed by atoms with van der Waals surface area (Å²) in [5, 5.41) is 0. The van der Waals surface area contributed by atoms with Crippen molar-refractivity contribution in [3.8, 4) is 0 Å². The van der Waals surface area contributed by atoms with Gasteiger partial charge in [0.15, 0.2) is 0 Å². The van der Waals surface area contributed by atoms with Crippen molar-refractivity contribution in [3.05, 3.63) is 0 Å². The van der Waals surface area contributed by atoms with E-state index in [4.69, 9.17) is 4.74 Å². The molecule has 0 saturated carbocycles. The summed E-state index contributed by atoms with van der Waals surface area (Å²) in [4.78, 5) is 0. The molecule has 1 aliphatic heterocycles. The molecule has 5 heteroatoms. The van der Waals surface area contributed by atoms with E-state index < -0.39 is 14.8 Å². The average molecular weight is 263 g/mol. The van der Waals surface area contributed by atoms with Crippen LogP contribution in [0, 0.1) is 0 Å². The lowest BCUT2D eigenvalue weighted by Crippen LogP contribution is -2.45. The molecule has 1 saturated heterocycles. The molecule has 0 spiro atoms. The molecule has 0 aromatic rings. The van der Waals surface area contributed by atoms with E-state index in [-0.39, 0.29) is 6.10 Å². The minimum absolute atomic E-state index is 0.0625. The summed E-state index contributed by atoms with van der Waals surface area (Å²) in [6.07, 6.45) is 4.27. The van der Waals surface area contributed by atoms with Crippen LogP contribution in [0.25, 0.3) is 0 Å². The van der Waals surface area contributed by atoms with Crippen LogP contribution < -0.4 is 4.72 Å². The van der Waals surface area contributed by atoms with E-state index in [1.165, 1.54) is 0 Å². The minimum atomic E-state index is -3.25. The molecule has 1 rings (SSSR count). The molecular formula is C12H25NO3S. The summed E-state index contributed by atoms with van der Waals surface area (Å²) < 4.78 is 32.0. The lowest BCUT2D eigenvalue weighted by Gasteiger charge is -2.28. The summed E-state index contributed by atoms with van der Waals surface area (Å²) in [5.74, 6) is 0. The van der Waals surface area contributed by atoms with Gasteiger partial charge >= 0.3 is 0 Å². The van der Waals surface area contributed by atoms with E-state index in [2.05, 4.69) is 4.72 Å². The van der Waals surface area contributed by atoms with Crippen LogP contribution in [-0.2, 0) is 14.8 Å². The maximum Gasteiger partial charge on any atom is 0.217 e. The zero-order valence-corrected chi connectivity index (χ0v) is 12.0. The first kappa shape index (κ1) is 14.9. The van der Waals surface area contributed by atoms with Crippen LogP contribution in [0.15, 0.2) is 0 Å². The second-order valence-electron chi connectivity index (χ2n) is 5.04. The van der Waals surface area contributed by atoms with Gasteiger partial charge in [0.25, 0.3) is 0 Å². The van der Waals surface area contributed by atoms with Gasteiger partial charge in [-0.25, -0.2) is 13.1 Å². The molecular weight excluding hydrogens is 238 g/mol. The highest BCUT2D eigenvalue weighted by Crippen LogP contribution is 2.26. The zero-order valence-electron chi connectivity index (χ0n) is 11.2. The van der Waals surface area contributed by atoms with Gasteiger partial charge in [-0.2, -0.15) is 0 Å². The molecule has 1 N–H and O–H groups in total. The topological polar surface area (TPSA) is 55.4 Å². The van der Waals surface area contributed by atoms with Crippen molar-refractivity contribution < 1.29 is 13.2 Å². The van der Waals surface area contributed by atoms with Gasteiger partial charge in [-0.3, -0.25) is 0 Å². The number of nitrogens with one attached hydrogen (secondary N) is 1. The molecule has 0 aromatic carbocycles. The van der Waals surface area contributed by atoms with E-state index in [1.54, 1.807) is 0 Å².